The fourth-order valence-corrected chi connectivity index (χ4v) is 6.35. The molecule has 0 aliphatic heterocycles. The van der Waals surface area contributed by atoms with Crippen molar-refractivity contribution in [2.45, 2.75) is 219 Å². The van der Waals surface area contributed by atoms with Crippen LogP contribution in [0.15, 0.2) is 72.9 Å². The number of esters is 2. The van der Waals surface area contributed by atoms with Crippen molar-refractivity contribution < 1.29 is 24.2 Å². The largest absolute Gasteiger partial charge is 0.462 e. The van der Waals surface area contributed by atoms with Crippen molar-refractivity contribution in [3.63, 3.8) is 0 Å². The Morgan fingerprint density at radius 2 is 0.782 bits per heavy atom. The van der Waals surface area contributed by atoms with Gasteiger partial charge in [-0.05, 0) is 51.4 Å². The van der Waals surface area contributed by atoms with Crippen LogP contribution in [0.3, 0.4) is 0 Å². The molecule has 0 saturated carbocycles. The number of rotatable bonds is 41. The van der Waals surface area contributed by atoms with Crippen molar-refractivity contribution in [2.24, 2.45) is 0 Å². The number of hydrogen-bond acceptors (Lipinski definition) is 5. The first kappa shape index (κ1) is 52.3. The van der Waals surface area contributed by atoms with Gasteiger partial charge in [-0.1, -0.05) is 222 Å². The van der Waals surface area contributed by atoms with Crippen LogP contribution in [0.25, 0.3) is 0 Å². The number of unbranched alkanes of at least 4 members (excludes halogenated alkanes) is 21. The molecule has 0 aromatic carbocycles. The van der Waals surface area contributed by atoms with Crippen LogP contribution in [0.2, 0.25) is 0 Å². The molecule has 0 fully saturated rings. The van der Waals surface area contributed by atoms with Crippen LogP contribution < -0.4 is 0 Å². The molecule has 0 aliphatic rings. The Balaban J connectivity index is 3.61. The van der Waals surface area contributed by atoms with Gasteiger partial charge in [0.1, 0.15) is 6.61 Å². The second kappa shape index (κ2) is 45.7. The molecular weight excluding hydrogens is 681 g/mol. The number of hydrogen-bond donors (Lipinski definition) is 1. The molecule has 0 radical (unpaired) electrons. The molecule has 1 atom stereocenters. The van der Waals surface area contributed by atoms with Gasteiger partial charge >= 0.3 is 11.9 Å². The maximum atomic E-state index is 12.2. The summed E-state index contributed by atoms with van der Waals surface area (Å²) in [6.45, 7) is 3.97. The van der Waals surface area contributed by atoms with Crippen LogP contribution >= 0.6 is 0 Å². The highest BCUT2D eigenvalue weighted by molar-refractivity contribution is 5.70. The Hall–Kier alpha value is -2.66. The summed E-state index contributed by atoms with van der Waals surface area (Å²) < 4.78 is 10.6. The Morgan fingerprint density at radius 3 is 1.15 bits per heavy atom. The van der Waals surface area contributed by atoms with Crippen molar-refractivity contribution in [3.05, 3.63) is 72.9 Å². The monoisotopic (exact) mass is 767 g/mol. The van der Waals surface area contributed by atoms with Crippen molar-refractivity contribution in [2.75, 3.05) is 13.2 Å². The number of aliphatic hydroxyl groups excluding tert-OH is 1. The minimum absolute atomic E-state index is 0.107. The van der Waals surface area contributed by atoms with Gasteiger partial charge < -0.3 is 14.6 Å². The summed E-state index contributed by atoms with van der Waals surface area (Å²) in [7, 11) is 0. The first-order valence-corrected chi connectivity index (χ1v) is 23.0. The van der Waals surface area contributed by atoms with Crippen LogP contribution in [0.1, 0.15) is 213 Å². The second-order valence-electron chi connectivity index (χ2n) is 15.1. The molecule has 0 aromatic rings. The smallest absolute Gasteiger partial charge is 0.306 e. The normalized spacial score (nSPS) is 12.9. The van der Waals surface area contributed by atoms with Crippen molar-refractivity contribution in [1.82, 2.24) is 0 Å². The third-order valence-corrected chi connectivity index (χ3v) is 9.78. The summed E-state index contributed by atoms with van der Waals surface area (Å²) in [6, 6.07) is 0. The van der Waals surface area contributed by atoms with E-state index in [9.17, 15) is 14.7 Å². The molecule has 316 valence electrons. The fraction of sp³-hybridized carbons (Fsp3) is 0.720. The molecule has 0 aliphatic carbocycles. The van der Waals surface area contributed by atoms with Gasteiger partial charge in [0.25, 0.3) is 0 Å². The van der Waals surface area contributed by atoms with E-state index in [0.29, 0.717) is 12.8 Å². The molecule has 5 nitrogen and oxygen atoms in total. The van der Waals surface area contributed by atoms with Crippen molar-refractivity contribution in [3.8, 4) is 0 Å². The zero-order valence-electron chi connectivity index (χ0n) is 35.9. The molecule has 0 amide bonds. The minimum Gasteiger partial charge on any atom is -0.462 e. The molecule has 1 N–H and O–H groups in total. The third kappa shape index (κ3) is 43.9. The number of aliphatic hydroxyl groups is 1. The number of carbonyl (C=O) groups excluding carboxylic acids is 2. The quantitative estimate of drug-likeness (QED) is 0.0381. The summed E-state index contributed by atoms with van der Waals surface area (Å²) in [5.74, 6) is -0.685. The number of ether oxygens (including phenoxy) is 2. The minimum atomic E-state index is -0.804. The fourth-order valence-electron chi connectivity index (χ4n) is 6.35. The average molecular weight is 767 g/mol. The van der Waals surface area contributed by atoms with E-state index in [1.165, 1.54) is 122 Å². The number of allylic oxidation sites excluding steroid dienone is 12. The summed E-state index contributed by atoms with van der Waals surface area (Å²) in [4.78, 5) is 24.3. The lowest BCUT2D eigenvalue weighted by Gasteiger charge is -2.15. The average Bonchev–Trinajstić information content (AvgIpc) is 3.19. The van der Waals surface area contributed by atoms with Crippen LogP contribution in [-0.2, 0) is 19.1 Å². The molecule has 0 unspecified atom stereocenters. The SMILES string of the molecule is CC/C=C/C/C=C/C/C=C/C/C=C/C/C=C/C/C=C/CCC(=O)OC[C@H](CO)OC(=O)CCCCCCCCCCCCCCCCCCCCCCCC. The Morgan fingerprint density at radius 1 is 0.436 bits per heavy atom. The highest BCUT2D eigenvalue weighted by Gasteiger charge is 2.15. The zero-order chi connectivity index (χ0) is 40.0. The van der Waals surface area contributed by atoms with E-state index < -0.39 is 6.10 Å². The molecule has 55 heavy (non-hydrogen) atoms. The van der Waals surface area contributed by atoms with Gasteiger partial charge in [-0.2, -0.15) is 0 Å². The Kier molecular flexibility index (Phi) is 43.5. The molecule has 0 saturated heterocycles. The lowest BCUT2D eigenvalue weighted by atomic mass is 10.0. The molecule has 0 rings (SSSR count). The predicted octanol–water partition coefficient (Wildman–Crippen LogP) is 14.9. The maximum absolute atomic E-state index is 12.2. The zero-order valence-corrected chi connectivity index (χ0v) is 35.9. The van der Waals surface area contributed by atoms with Gasteiger partial charge in [-0.3, -0.25) is 9.59 Å². The lowest BCUT2D eigenvalue weighted by molar-refractivity contribution is -0.161. The van der Waals surface area contributed by atoms with Crippen molar-refractivity contribution >= 4 is 11.9 Å². The molecule has 0 bridgehead atoms. The molecule has 5 heteroatoms. The van der Waals surface area contributed by atoms with Gasteiger partial charge in [0, 0.05) is 12.8 Å². The van der Waals surface area contributed by atoms with Gasteiger partial charge in [0.2, 0.25) is 0 Å². The van der Waals surface area contributed by atoms with Crippen molar-refractivity contribution in [1.29, 1.82) is 0 Å². The van der Waals surface area contributed by atoms with E-state index in [1.807, 2.05) is 12.2 Å². The topological polar surface area (TPSA) is 72.8 Å². The summed E-state index contributed by atoms with van der Waals surface area (Å²) >= 11 is 0. The summed E-state index contributed by atoms with van der Waals surface area (Å²) in [5, 5.41) is 9.59. The van der Waals surface area contributed by atoms with Crippen LogP contribution in [0.4, 0.5) is 0 Å². The van der Waals surface area contributed by atoms with E-state index in [2.05, 4.69) is 74.6 Å². The van der Waals surface area contributed by atoms with Gasteiger partial charge in [-0.25, -0.2) is 0 Å². The number of carbonyl (C=O) groups is 2. The van der Waals surface area contributed by atoms with Gasteiger partial charge in [0.05, 0.1) is 6.61 Å². The first-order chi connectivity index (χ1) is 27.1. The second-order valence-corrected chi connectivity index (χ2v) is 15.1. The van der Waals surface area contributed by atoms with E-state index in [1.54, 1.807) is 0 Å². The van der Waals surface area contributed by atoms with Crippen LogP contribution in [0.5, 0.6) is 0 Å². The molecule has 0 aromatic heterocycles. The van der Waals surface area contributed by atoms with Crippen LogP contribution in [-0.4, -0.2) is 36.4 Å². The highest BCUT2D eigenvalue weighted by atomic mass is 16.6. The Labute approximate surface area is 340 Å². The predicted molar refractivity (Wildman–Crippen MR) is 237 cm³/mol. The van der Waals surface area contributed by atoms with E-state index in [4.69, 9.17) is 9.47 Å². The Bertz CT molecular complexity index is 1000. The standard InChI is InChI=1S/C50H86O5/c1-3-5-7-9-11-13-15-17-19-21-23-24-25-27-29-31-33-35-37-39-41-43-45-50(53)55-48(46-51)47-54-49(52)44-42-40-38-36-34-32-30-28-26-22-20-18-16-14-12-10-8-6-4-2/h6,8,12,14,18,20,26,28,32,34,38,40,48,51H,3-5,7,9-11,13,15-17,19,21-25,27,29-31,33,35-37,39,41-47H2,1-2H3/b8-6+,14-12+,20-18+,28-26+,34-32+,40-38+/t48-/m0/s1. The summed E-state index contributed by atoms with van der Waals surface area (Å²) in [6.07, 6.45) is 61.4. The van der Waals surface area contributed by atoms with E-state index in [-0.39, 0.29) is 31.6 Å². The van der Waals surface area contributed by atoms with E-state index >= 15 is 0 Å². The third-order valence-electron chi connectivity index (χ3n) is 9.78. The molecular formula is C50H86O5. The van der Waals surface area contributed by atoms with Gasteiger partial charge in [-0.15, -0.1) is 0 Å². The van der Waals surface area contributed by atoms with Gasteiger partial charge in [0.15, 0.2) is 6.10 Å². The highest BCUT2D eigenvalue weighted by Crippen LogP contribution is 2.16. The van der Waals surface area contributed by atoms with E-state index in [0.717, 1.165) is 57.8 Å². The summed E-state index contributed by atoms with van der Waals surface area (Å²) in [5.41, 5.74) is 0. The first-order valence-electron chi connectivity index (χ1n) is 23.0. The molecule has 0 spiro atoms. The van der Waals surface area contributed by atoms with Crippen LogP contribution in [0, 0.1) is 0 Å². The molecule has 0 heterocycles. The lowest BCUT2D eigenvalue weighted by Crippen LogP contribution is -2.28. The maximum Gasteiger partial charge on any atom is 0.306 e.